The zero-order chi connectivity index (χ0) is 0. The van der Waals surface area contributed by atoms with Crippen molar-refractivity contribution in [3.63, 3.8) is 0 Å². The van der Waals surface area contributed by atoms with Gasteiger partial charge in [0.05, 0.1) is 0 Å². The van der Waals surface area contributed by atoms with Crippen molar-refractivity contribution in [2.24, 2.45) is 0 Å². The van der Waals surface area contributed by atoms with Crippen LogP contribution in [0.1, 0.15) is 0 Å². The van der Waals surface area contributed by atoms with Gasteiger partial charge in [0.15, 0.2) is 0 Å². The van der Waals surface area contributed by atoms with Gasteiger partial charge in [0.1, 0.15) is 0 Å². The summed E-state index contributed by atoms with van der Waals surface area (Å²) in [5, 5.41) is 0. The molecule has 0 aliphatic heterocycles. The standard InChI is InChI=1S/6ClH.2Cs.Pu/h6*1H;;;/q;;;;;;2*+1;/p-6. The topological polar surface area (TPSA) is 0 Å². The molecular formula is Cl6Cs2Pu-4. The van der Waals surface area contributed by atoms with E-state index in [2.05, 4.69) is 0 Å². The van der Waals surface area contributed by atoms with Crippen LogP contribution >= 0.6 is 0 Å². The van der Waals surface area contributed by atoms with E-state index in [-0.39, 0.29) is 241 Å². The van der Waals surface area contributed by atoms with Crippen molar-refractivity contribution >= 4 is 0 Å². The summed E-state index contributed by atoms with van der Waals surface area (Å²) in [5.74, 6) is 0. The van der Waals surface area contributed by atoms with E-state index in [1.807, 2.05) is 0 Å². The average Bonchev–Trinajstić information content (AvgIpc) is 0. The van der Waals surface area contributed by atoms with Gasteiger partial charge in [0.2, 0.25) is 0 Å². The molecule has 0 atom stereocenters. The van der Waals surface area contributed by atoms with Gasteiger partial charge in [-0.25, -0.2) is 0 Å². The molecule has 0 aromatic rings. The molecule has 0 rings (SSSR count). The van der Waals surface area contributed by atoms with Gasteiger partial charge in [-0.3, -0.25) is 0 Å². The summed E-state index contributed by atoms with van der Waals surface area (Å²) in [7, 11) is 0. The van der Waals surface area contributed by atoms with E-state index in [1.54, 1.807) is 0 Å². The second-order valence-electron chi connectivity index (χ2n) is 0. The fourth-order valence-electron chi connectivity index (χ4n) is 0. The molecule has 0 N–H and O–H groups in total. The van der Waals surface area contributed by atoms with Crippen molar-refractivity contribution < 1.29 is 241 Å². The summed E-state index contributed by atoms with van der Waals surface area (Å²) in [6.45, 7) is 0. The third-order valence-corrected chi connectivity index (χ3v) is 0. The predicted molar refractivity (Wildman–Crippen MR) is 0 cm³/mol. The van der Waals surface area contributed by atoms with E-state index in [0.717, 1.165) is 0 Å². The van der Waals surface area contributed by atoms with E-state index in [4.69, 9.17) is 0 Å². The Hall–Kier alpha value is 6.83. The van der Waals surface area contributed by atoms with E-state index in [1.165, 1.54) is 0 Å². The SMILES string of the molecule is [Cl-].[Cl-].[Cl-].[Cl-].[Cl-].[Cl-].[Cs+].[Cs+].[Pu]. The molecule has 0 saturated heterocycles. The first-order valence-corrected chi connectivity index (χ1v) is 0. The zero-order valence-corrected chi connectivity index (χ0v) is 25.2. The van der Waals surface area contributed by atoms with Crippen LogP contribution in [0.2, 0.25) is 0 Å². The molecule has 0 fully saturated rings. The molecule has 0 unspecified atom stereocenters. The Bertz CT molecular complexity index is 11.0. The molecule has 0 saturated carbocycles. The molecule has 0 aliphatic rings. The van der Waals surface area contributed by atoms with Crippen molar-refractivity contribution in [2.45, 2.75) is 0 Å². The van der Waals surface area contributed by atoms with Crippen LogP contribution in [0.3, 0.4) is 0 Å². The van der Waals surface area contributed by atoms with Crippen molar-refractivity contribution in [3.05, 3.63) is 0 Å². The minimum absolute atomic E-state index is 0. The zero-order valence-electron chi connectivity index (χ0n) is 4.68. The summed E-state index contributed by atoms with van der Waals surface area (Å²) >= 11 is 0. The maximum absolute atomic E-state index is 0. The predicted octanol–water partition coefficient (Wildman–Crippen LogP) is -24.0. The first-order valence-electron chi connectivity index (χ1n) is 0. The second-order valence-corrected chi connectivity index (χ2v) is 0. The second kappa shape index (κ2) is 60.8. The largest absolute Gasteiger partial charge is 1.00 e. The molecule has 9 heteroatoms. The van der Waals surface area contributed by atoms with E-state index >= 15 is 0 Å². The molecule has 9 heavy (non-hydrogen) atoms. The smallest absolute Gasteiger partial charge is 1.00 e. The maximum atomic E-state index is 0. The molecule has 0 aromatic carbocycles. The third kappa shape index (κ3) is 52.3. The van der Waals surface area contributed by atoms with Gasteiger partial charge >= 0.3 is 138 Å². The summed E-state index contributed by atoms with van der Waals surface area (Å²) in [5.41, 5.74) is 0. The van der Waals surface area contributed by atoms with Gasteiger partial charge < -0.3 is 74.4 Å². The van der Waals surface area contributed by atoms with Gasteiger partial charge in [-0.1, -0.05) is 0 Å². The van der Waals surface area contributed by atoms with E-state index < -0.39 is 0 Å². The average molecular weight is 723 g/mol. The molecule has 0 radical (unpaired) electrons. The van der Waals surface area contributed by atoms with Gasteiger partial charge in [-0.2, -0.15) is 0 Å². The molecule has 0 heterocycles. The Labute approximate surface area is 233 Å². The molecule has 0 aliphatic carbocycles. The van der Waals surface area contributed by atoms with Crippen LogP contribution in [0.4, 0.5) is 0 Å². The molecule has 0 spiro atoms. The Balaban J connectivity index is 0. The number of halogens is 6. The van der Waals surface area contributed by atoms with Crippen molar-refractivity contribution in [1.29, 1.82) is 0 Å². The van der Waals surface area contributed by atoms with Gasteiger partial charge in [-0.15, -0.1) is 0 Å². The van der Waals surface area contributed by atoms with Crippen molar-refractivity contribution in [3.8, 4) is 0 Å². The maximum Gasteiger partial charge on any atom is 1.00 e. The van der Waals surface area contributed by atoms with Crippen LogP contribution in [0.25, 0.3) is 0 Å². The van der Waals surface area contributed by atoms with Gasteiger partial charge in [-0.05, 0) is 0 Å². The molecular weight excluding hydrogens is 723 g/mol. The van der Waals surface area contributed by atoms with Gasteiger partial charge in [0, 0.05) is 29.2 Å². The minimum atomic E-state index is 0. The van der Waals surface area contributed by atoms with E-state index in [9.17, 15) is 0 Å². The Morgan fingerprint density at radius 1 is 0.333 bits per heavy atom. The monoisotopic (exact) mass is 714 g/mol. The minimum Gasteiger partial charge on any atom is -1.00 e. The molecule has 0 bridgehead atoms. The normalized spacial score (nSPS) is 0. The van der Waals surface area contributed by atoms with Crippen LogP contribution in [0.5, 0.6) is 0 Å². The molecule has 0 amide bonds. The Morgan fingerprint density at radius 2 is 0.333 bits per heavy atom. The van der Waals surface area contributed by atoms with Crippen molar-refractivity contribution in [2.75, 3.05) is 0 Å². The van der Waals surface area contributed by atoms with Gasteiger partial charge in [0.25, 0.3) is 0 Å². The molecule has 0 nitrogen and oxygen atoms in total. The summed E-state index contributed by atoms with van der Waals surface area (Å²) < 4.78 is 0. The number of hydrogen-bond acceptors (Lipinski definition) is 0. The van der Waals surface area contributed by atoms with Crippen LogP contribution < -0.4 is 212 Å². The Kier molecular flexibility index (Phi) is 504. The van der Waals surface area contributed by atoms with Crippen LogP contribution in [0, 0.1) is 29.2 Å². The quantitative estimate of drug-likeness (QED) is 0.234. The summed E-state index contributed by atoms with van der Waals surface area (Å²) in [6.07, 6.45) is 0. The van der Waals surface area contributed by atoms with Crippen molar-refractivity contribution in [1.82, 2.24) is 0 Å². The third-order valence-electron chi connectivity index (χ3n) is 0. The molecule has 54 valence electrons. The van der Waals surface area contributed by atoms with Crippen LogP contribution in [0.15, 0.2) is 0 Å². The summed E-state index contributed by atoms with van der Waals surface area (Å²) in [6, 6.07) is 0. The Morgan fingerprint density at radius 3 is 0.333 bits per heavy atom. The number of hydrogen-bond donors (Lipinski definition) is 0. The number of rotatable bonds is 0. The van der Waals surface area contributed by atoms with Crippen LogP contribution in [-0.4, -0.2) is 0 Å². The summed E-state index contributed by atoms with van der Waals surface area (Å²) in [4.78, 5) is 0. The fourth-order valence-corrected chi connectivity index (χ4v) is 0. The fraction of sp³-hybridized carbons (Fsp3) is 0. The molecule has 0 aromatic heterocycles. The first kappa shape index (κ1) is 74.6. The van der Waals surface area contributed by atoms with Crippen LogP contribution in [-0.2, 0) is 0 Å². The first-order chi connectivity index (χ1) is 0. The van der Waals surface area contributed by atoms with E-state index in [0.29, 0.717) is 0 Å².